The standard InChI is InChI=1S/C17H20BrFN2O4/c1-10-4-2-3-5-14(10)20-17(24)21-15(22)9-25-16(23)12-7-6-11(19)8-13(12)18/h6-8,10,14H,2-5,9H2,1H3,(H2,20,21,22,24)/t10-,14+/m1/s1. The van der Waals surface area contributed by atoms with E-state index in [-0.39, 0.29) is 16.1 Å². The van der Waals surface area contributed by atoms with Crippen LogP contribution in [0.3, 0.4) is 0 Å². The number of hydrogen-bond acceptors (Lipinski definition) is 4. The predicted molar refractivity (Wildman–Crippen MR) is 92.5 cm³/mol. The molecule has 3 amide bonds. The van der Waals surface area contributed by atoms with Crippen molar-refractivity contribution in [2.45, 2.75) is 38.6 Å². The molecule has 0 bridgehead atoms. The van der Waals surface area contributed by atoms with Gasteiger partial charge < -0.3 is 10.1 Å². The normalized spacial score (nSPS) is 19.8. The van der Waals surface area contributed by atoms with Crippen LogP contribution in [0.1, 0.15) is 43.0 Å². The quantitative estimate of drug-likeness (QED) is 0.741. The smallest absolute Gasteiger partial charge is 0.339 e. The highest BCUT2D eigenvalue weighted by Crippen LogP contribution is 2.23. The summed E-state index contributed by atoms with van der Waals surface area (Å²) >= 11 is 3.05. The molecule has 0 aromatic heterocycles. The molecular weight excluding hydrogens is 395 g/mol. The first kappa shape index (κ1) is 19.4. The monoisotopic (exact) mass is 414 g/mol. The van der Waals surface area contributed by atoms with Gasteiger partial charge in [0, 0.05) is 10.5 Å². The van der Waals surface area contributed by atoms with Gasteiger partial charge >= 0.3 is 12.0 Å². The zero-order chi connectivity index (χ0) is 18.4. The van der Waals surface area contributed by atoms with Gasteiger partial charge in [-0.25, -0.2) is 14.0 Å². The lowest BCUT2D eigenvalue weighted by Crippen LogP contribution is -2.48. The Labute approximate surface area is 153 Å². The number of carbonyl (C=O) groups excluding carboxylic acids is 3. The summed E-state index contributed by atoms with van der Waals surface area (Å²) in [7, 11) is 0. The fourth-order valence-electron chi connectivity index (χ4n) is 2.76. The predicted octanol–water partition coefficient (Wildman–Crippen LogP) is 3.15. The molecule has 2 N–H and O–H groups in total. The van der Waals surface area contributed by atoms with Crippen molar-refractivity contribution in [1.29, 1.82) is 0 Å². The van der Waals surface area contributed by atoms with Gasteiger partial charge in [0.05, 0.1) is 5.56 Å². The molecule has 1 saturated carbocycles. The summed E-state index contributed by atoms with van der Waals surface area (Å²) in [5.74, 6) is -1.66. The van der Waals surface area contributed by atoms with Gasteiger partial charge in [-0.15, -0.1) is 0 Å². The summed E-state index contributed by atoms with van der Waals surface area (Å²) in [4.78, 5) is 35.4. The molecule has 136 valence electrons. The first-order valence-electron chi connectivity index (χ1n) is 8.09. The summed E-state index contributed by atoms with van der Waals surface area (Å²) in [5.41, 5.74) is 0.0923. The van der Waals surface area contributed by atoms with E-state index in [4.69, 9.17) is 4.74 Å². The van der Waals surface area contributed by atoms with Crippen molar-refractivity contribution in [2.24, 2.45) is 5.92 Å². The van der Waals surface area contributed by atoms with Gasteiger partial charge in [0.2, 0.25) is 0 Å². The van der Waals surface area contributed by atoms with Gasteiger partial charge in [-0.1, -0.05) is 19.8 Å². The minimum atomic E-state index is -0.789. The Morgan fingerprint density at radius 3 is 2.68 bits per heavy atom. The van der Waals surface area contributed by atoms with Crippen molar-refractivity contribution >= 4 is 33.8 Å². The molecule has 6 nitrogen and oxygen atoms in total. The van der Waals surface area contributed by atoms with Crippen LogP contribution in [0.5, 0.6) is 0 Å². The van der Waals surface area contributed by atoms with Crippen molar-refractivity contribution in [1.82, 2.24) is 10.6 Å². The maximum absolute atomic E-state index is 13.0. The fraction of sp³-hybridized carbons (Fsp3) is 0.471. The Kier molecular flexibility index (Phi) is 6.92. The van der Waals surface area contributed by atoms with Crippen molar-refractivity contribution in [3.8, 4) is 0 Å². The third-order valence-electron chi connectivity index (χ3n) is 4.17. The summed E-state index contributed by atoms with van der Waals surface area (Å²) in [6, 6.07) is 2.92. The molecule has 8 heteroatoms. The van der Waals surface area contributed by atoms with Crippen molar-refractivity contribution < 1.29 is 23.5 Å². The van der Waals surface area contributed by atoms with Crippen LogP contribution in [-0.4, -0.2) is 30.6 Å². The first-order valence-corrected chi connectivity index (χ1v) is 8.88. The van der Waals surface area contributed by atoms with Gasteiger partial charge in [-0.2, -0.15) is 0 Å². The van der Waals surface area contributed by atoms with E-state index in [1.54, 1.807) is 0 Å². The van der Waals surface area contributed by atoms with Crippen LogP contribution < -0.4 is 10.6 Å². The Hall–Kier alpha value is -1.96. The largest absolute Gasteiger partial charge is 0.452 e. The molecule has 0 radical (unpaired) electrons. The summed E-state index contributed by atoms with van der Waals surface area (Å²) < 4.78 is 18.1. The second kappa shape index (κ2) is 8.94. The first-order chi connectivity index (χ1) is 11.9. The number of hydrogen-bond donors (Lipinski definition) is 2. The van der Waals surface area contributed by atoms with Gasteiger partial charge in [-0.3, -0.25) is 10.1 Å². The van der Waals surface area contributed by atoms with E-state index in [9.17, 15) is 18.8 Å². The second-order valence-corrected chi connectivity index (χ2v) is 6.94. The molecule has 1 aliphatic carbocycles. The molecular formula is C17H20BrFN2O4. The molecule has 2 rings (SSSR count). The highest BCUT2D eigenvalue weighted by atomic mass is 79.9. The van der Waals surface area contributed by atoms with Gasteiger partial charge in [0.1, 0.15) is 5.82 Å². The SMILES string of the molecule is C[C@@H]1CCCC[C@@H]1NC(=O)NC(=O)COC(=O)c1ccc(F)cc1Br. The minimum absolute atomic E-state index is 0.0410. The number of esters is 1. The van der Waals surface area contributed by atoms with Crippen LogP contribution in [0, 0.1) is 11.7 Å². The number of nitrogens with one attached hydrogen (secondary N) is 2. The Bertz CT molecular complexity index is 668. The van der Waals surface area contributed by atoms with Crippen molar-refractivity contribution in [3.63, 3.8) is 0 Å². The summed E-state index contributed by atoms with van der Waals surface area (Å²) in [5, 5.41) is 4.91. The zero-order valence-corrected chi connectivity index (χ0v) is 15.4. The van der Waals surface area contributed by atoms with E-state index in [0.29, 0.717) is 5.92 Å². The van der Waals surface area contributed by atoms with E-state index in [1.165, 1.54) is 6.07 Å². The van der Waals surface area contributed by atoms with Gasteiger partial charge in [0.25, 0.3) is 5.91 Å². The number of amides is 3. The van der Waals surface area contributed by atoms with Crippen LogP contribution in [0.25, 0.3) is 0 Å². The van der Waals surface area contributed by atoms with Crippen LogP contribution in [0.4, 0.5) is 9.18 Å². The van der Waals surface area contributed by atoms with Crippen molar-refractivity contribution in [2.75, 3.05) is 6.61 Å². The lowest BCUT2D eigenvalue weighted by Gasteiger charge is -2.29. The third-order valence-corrected chi connectivity index (χ3v) is 4.82. The van der Waals surface area contributed by atoms with Crippen LogP contribution >= 0.6 is 15.9 Å². The lowest BCUT2D eigenvalue weighted by molar-refractivity contribution is -0.123. The molecule has 1 fully saturated rings. The van der Waals surface area contributed by atoms with E-state index in [2.05, 4.69) is 33.5 Å². The molecule has 1 aliphatic rings. The number of halogens is 2. The maximum atomic E-state index is 13.0. The molecule has 0 unspecified atom stereocenters. The number of imide groups is 1. The number of benzene rings is 1. The third kappa shape index (κ3) is 5.81. The van der Waals surface area contributed by atoms with E-state index >= 15 is 0 Å². The number of carbonyl (C=O) groups is 3. The lowest BCUT2D eigenvalue weighted by atomic mass is 9.86. The minimum Gasteiger partial charge on any atom is -0.452 e. The average molecular weight is 415 g/mol. The molecule has 0 spiro atoms. The molecule has 1 aromatic carbocycles. The average Bonchev–Trinajstić information content (AvgIpc) is 2.54. The number of rotatable bonds is 4. The molecule has 2 atom stereocenters. The zero-order valence-electron chi connectivity index (χ0n) is 13.8. The van der Waals surface area contributed by atoms with Crippen LogP contribution in [-0.2, 0) is 9.53 Å². The maximum Gasteiger partial charge on any atom is 0.339 e. The molecule has 0 aliphatic heterocycles. The molecule has 0 saturated heterocycles. The van der Waals surface area contributed by atoms with Gasteiger partial charge in [0.15, 0.2) is 6.61 Å². The summed E-state index contributed by atoms with van der Waals surface area (Å²) in [6.45, 7) is 1.46. The highest BCUT2D eigenvalue weighted by molar-refractivity contribution is 9.10. The fourth-order valence-corrected chi connectivity index (χ4v) is 3.27. The molecule has 25 heavy (non-hydrogen) atoms. The summed E-state index contributed by atoms with van der Waals surface area (Å²) in [6.07, 6.45) is 4.13. The topological polar surface area (TPSA) is 84.5 Å². The molecule has 1 aromatic rings. The number of ether oxygens (including phenoxy) is 1. The number of urea groups is 1. The van der Waals surface area contributed by atoms with Crippen molar-refractivity contribution in [3.05, 3.63) is 34.1 Å². The highest BCUT2D eigenvalue weighted by Gasteiger charge is 2.23. The van der Waals surface area contributed by atoms with Gasteiger partial charge in [-0.05, 0) is 52.9 Å². The molecule has 0 heterocycles. The Balaban J connectivity index is 1.77. The Morgan fingerprint density at radius 2 is 2.00 bits per heavy atom. The van der Waals surface area contributed by atoms with E-state index in [0.717, 1.165) is 37.8 Å². The van der Waals surface area contributed by atoms with E-state index < -0.39 is 30.3 Å². The Morgan fingerprint density at radius 1 is 1.28 bits per heavy atom. The van der Waals surface area contributed by atoms with E-state index in [1.807, 2.05) is 0 Å². The van der Waals surface area contributed by atoms with Crippen LogP contribution in [0.2, 0.25) is 0 Å². The second-order valence-electron chi connectivity index (χ2n) is 6.09. The van der Waals surface area contributed by atoms with Crippen LogP contribution in [0.15, 0.2) is 22.7 Å².